The molecule has 0 bridgehead atoms. The maximum Gasteiger partial charge on any atom is 0.211 e. The Morgan fingerprint density at radius 1 is 0.846 bits per heavy atom. The second-order valence-electron chi connectivity index (χ2n) is 5.98. The number of allylic oxidation sites excluding steroid dienone is 2. The van der Waals surface area contributed by atoms with E-state index in [2.05, 4.69) is 10.3 Å². The number of ketones is 2. The molecule has 0 saturated carbocycles. The van der Waals surface area contributed by atoms with Gasteiger partial charge in [-0.2, -0.15) is 0 Å². The van der Waals surface area contributed by atoms with E-state index in [4.69, 9.17) is 5.73 Å². The fourth-order valence-electron chi connectivity index (χ4n) is 2.86. The summed E-state index contributed by atoms with van der Waals surface area (Å²) < 4.78 is 0. The zero-order chi connectivity index (χ0) is 18.1. The molecule has 126 valence electrons. The summed E-state index contributed by atoms with van der Waals surface area (Å²) in [6, 6.07) is 18.5. The number of carbonyl (C=O) groups excluding carboxylic acids is 2. The minimum absolute atomic E-state index is 0.196. The van der Waals surface area contributed by atoms with Crippen molar-refractivity contribution >= 4 is 22.9 Å². The van der Waals surface area contributed by atoms with Gasteiger partial charge in [-0.1, -0.05) is 24.3 Å². The number of pyridine rings is 1. The number of nitrogens with one attached hydrogen (secondary N) is 1. The number of carbonyl (C=O) groups is 2. The van der Waals surface area contributed by atoms with Crippen molar-refractivity contribution in [2.75, 3.05) is 11.1 Å². The van der Waals surface area contributed by atoms with Gasteiger partial charge >= 0.3 is 0 Å². The van der Waals surface area contributed by atoms with Gasteiger partial charge in [-0.3, -0.25) is 14.6 Å². The summed E-state index contributed by atoms with van der Waals surface area (Å²) in [6.07, 6.45) is 2.80. The molecule has 1 aromatic heterocycles. The Morgan fingerprint density at radius 2 is 1.50 bits per heavy atom. The Bertz CT molecular complexity index is 1040. The third kappa shape index (κ3) is 2.86. The van der Waals surface area contributed by atoms with Gasteiger partial charge in [0.15, 0.2) is 0 Å². The van der Waals surface area contributed by atoms with E-state index >= 15 is 0 Å². The Hall–Kier alpha value is -3.73. The molecule has 4 rings (SSSR count). The number of nitrogens with zero attached hydrogens (tertiary/aromatic N) is 1. The zero-order valence-corrected chi connectivity index (χ0v) is 13.8. The van der Waals surface area contributed by atoms with Gasteiger partial charge in [0.1, 0.15) is 5.69 Å². The van der Waals surface area contributed by atoms with Crippen LogP contribution in [0.2, 0.25) is 0 Å². The van der Waals surface area contributed by atoms with Crippen LogP contribution < -0.4 is 11.1 Å². The number of Topliss-reactive ketones (excluding diaryl/α,β-unsaturated/α-hetero) is 1. The van der Waals surface area contributed by atoms with Crippen molar-refractivity contribution < 1.29 is 9.59 Å². The van der Waals surface area contributed by atoms with Crippen LogP contribution >= 0.6 is 0 Å². The number of aromatic nitrogens is 1. The number of benzene rings is 2. The second kappa shape index (κ2) is 6.29. The quantitative estimate of drug-likeness (QED) is 0.710. The van der Waals surface area contributed by atoms with Crippen molar-refractivity contribution in [3.8, 4) is 11.1 Å². The van der Waals surface area contributed by atoms with Crippen molar-refractivity contribution in [2.24, 2.45) is 0 Å². The van der Waals surface area contributed by atoms with Gasteiger partial charge in [0.25, 0.3) is 0 Å². The van der Waals surface area contributed by atoms with Crippen LogP contribution in [-0.4, -0.2) is 16.6 Å². The van der Waals surface area contributed by atoms with Gasteiger partial charge in [0.2, 0.25) is 11.6 Å². The van der Waals surface area contributed by atoms with Gasteiger partial charge in [-0.15, -0.1) is 0 Å². The third-order valence-electron chi connectivity index (χ3n) is 4.21. The van der Waals surface area contributed by atoms with Crippen molar-refractivity contribution in [3.63, 3.8) is 0 Å². The number of anilines is 2. The molecule has 0 aliphatic heterocycles. The molecule has 5 nitrogen and oxygen atoms in total. The first-order valence-electron chi connectivity index (χ1n) is 8.10. The van der Waals surface area contributed by atoms with Crippen LogP contribution in [0.4, 0.5) is 11.4 Å². The smallest absolute Gasteiger partial charge is 0.211 e. The second-order valence-corrected chi connectivity index (χ2v) is 5.98. The fraction of sp³-hybridized carbons (Fsp3) is 0. The maximum absolute atomic E-state index is 12.6. The number of hydrogen-bond donors (Lipinski definition) is 2. The van der Waals surface area contributed by atoms with Crippen molar-refractivity contribution in [3.05, 3.63) is 89.9 Å². The molecule has 0 spiro atoms. The van der Waals surface area contributed by atoms with E-state index in [1.807, 2.05) is 48.5 Å². The highest BCUT2D eigenvalue weighted by Crippen LogP contribution is 2.25. The molecule has 0 radical (unpaired) electrons. The van der Waals surface area contributed by atoms with E-state index in [0.29, 0.717) is 11.3 Å². The van der Waals surface area contributed by atoms with Gasteiger partial charge in [0.05, 0.1) is 11.3 Å². The maximum atomic E-state index is 12.6. The highest BCUT2D eigenvalue weighted by molar-refractivity contribution is 6.24. The topological polar surface area (TPSA) is 85.1 Å². The summed E-state index contributed by atoms with van der Waals surface area (Å²) in [5.41, 5.74) is 10.00. The molecular weight excluding hydrogens is 326 g/mol. The molecule has 3 aromatic rings. The van der Waals surface area contributed by atoms with E-state index in [0.717, 1.165) is 16.8 Å². The predicted molar refractivity (Wildman–Crippen MR) is 101 cm³/mol. The molecule has 0 atom stereocenters. The van der Waals surface area contributed by atoms with Crippen molar-refractivity contribution in [1.29, 1.82) is 0 Å². The van der Waals surface area contributed by atoms with Gasteiger partial charge in [-0.25, -0.2) is 0 Å². The van der Waals surface area contributed by atoms with E-state index in [1.165, 1.54) is 12.3 Å². The van der Waals surface area contributed by atoms with Crippen molar-refractivity contribution in [1.82, 2.24) is 4.98 Å². The standard InChI is InChI=1S/C21H15N3O2/c22-15-7-3-13(4-8-15)14-5-9-16(10-6-14)24-18-12-19(25)20-17(21(18)26)2-1-11-23-20/h1-12,24H,22H2. The molecule has 0 fully saturated rings. The van der Waals surface area contributed by atoms with Crippen LogP contribution in [0.3, 0.4) is 0 Å². The lowest BCUT2D eigenvalue weighted by molar-refractivity contribution is 0.0982. The normalized spacial score (nSPS) is 13.2. The van der Waals surface area contributed by atoms with Crippen LogP contribution in [0.25, 0.3) is 11.1 Å². The summed E-state index contributed by atoms with van der Waals surface area (Å²) in [6.45, 7) is 0. The molecule has 1 aliphatic rings. The highest BCUT2D eigenvalue weighted by Gasteiger charge is 2.26. The van der Waals surface area contributed by atoms with Gasteiger partial charge in [-0.05, 0) is 47.5 Å². The minimum atomic E-state index is -0.277. The predicted octanol–water partition coefficient (Wildman–Crippen LogP) is 3.71. The first kappa shape index (κ1) is 15.8. The molecule has 0 unspecified atom stereocenters. The zero-order valence-electron chi connectivity index (χ0n) is 13.8. The molecule has 1 heterocycles. The van der Waals surface area contributed by atoms with E-state index < -0.39 is 0 Å². The monoisotopic (exact) mass is 341 g/mol. The lowest BCUT2D eigenvalue weighted by Crippen LogP contribution is -2.22. The average Bonchev–Trinajstić information content (AvgIpc) is 2.67. The van der Waals surface area contributed by atoms with E-state index in [9.17, 15) is 9.59 Å². The Balaban J connectivity index is 1.57. The fourth-order valence-corrected chi connectivity index (χ4v) is 2.86. The molecule has 26 heavy (non-hydrogen) atoms. The molecule has 3 N–H and O–H groups in total. The summed E-state index contributed by atoms with van der Waals surface area (Å²) in [5.74, 6) is -0.517. The summed E-state index contributed by atoms with van der Waals surface area (Å²) in [4.78, 5) is 28.7. The molecule has 1 aliphatic carbocycles. The largest absolute Gasteiger partial charge is 0.399 e. The van der Waals surface area contributed by atoms with Gasteiger partial charge in [0, 0.05) is 23.6 Å². The van der Waals surface area contributed by atoms with Crippen molar-refractivity contribution in [2.45, 2.75) is 0 Å². The third-order valence-corrected chi connectivity index (χ3v) is 4.21. The summed E-state index contributed by atoms with van der Waals surface area (Å²) in [7, 11) is 0. The van der Waals surface area contributed by atoms with Crippen LogP contribution in [-0.2, 0) is 0 Å². The number of rotatable bonds is 3. The van der Waals surface area contributed by atoms with E-state index in [-0.39, 0.29) is 23.0 Å². The number of nitrogen functional groups attached to an aromatic ring is 1. The molecule has 2 aromatic carbocycles. The number of hydrogen-bond acceptors (Lipinski definition) is 5. The average molecular weight is 341 g/mol. The minimum Gasteiger partial charge on any atom is -0.399 e. The summed E-state index contributed by atoms with van der Waals surface area (Å²) in [5, 5.41) is 3.03. The first-order valence-corrected chi connectivity index (χ1v) is 8.10. The van der Waals surface area contributed by atoms with Crippen LogP contribution in [0.5, 0.6) is 0 Å². The Kier molecular flexibility index (Phi) is 3.82. The number of nitrogens with two attached hydrogens (primary N) is 1. The number of fused-ring (bicyclic) bond motifs is 1. The van der Waals surface area contributed by atoms with Crippen LogP contribution in [0.15, 0.2) is 78.6 Å². The SMILES string of the molecule is Nc1ccc(-c2ccc(NC3=CC(=O)c4ncccc4C3=O)cc2)cc1. The molecule has 5 heteroatoms. The molecule has 0 saturated heterocycles. The lowest BCUT2D eigenvalue weighted by Gasteiger charge is -2.16. The first-order chi connectivity index (χ1) is 12.6. The Morgan fingerprint density at radius 3 is 2.19 bits per heavy atom. The lowest BCUT2D eigenvalue weighted by atomic mass is 9.97. The highest BCUT2D eigenvalue weighted by atomic mass is 16.1. The van der Waals surface area contributed by atoms with Gasteiger partial charge < -0.3 is 11.1 Å². The van der Waals surface area contributed by atoms with E-state index in [1.54, 1.807) is 12.1 Å². The summed E-state index contributed by atoms with van der Waals surface area (Å²) >= 11 is 0. The molecular formula is C21H15N3O2. The van der Waals surface area contributed by atoms with Crippen LogP contribution in [0.1, 0.15) is 20.8 Å². The molecule has 0 amide bonds. The van der Waals surface area contributed by atoms with Crippen LogP contribution in [0, 0.1) is 0 Å². The Labute approximate surface area is 150 Å².